The fourth-order valence-corrected chi connectivity index (χ4v) is 4.67. The van der Waals surface area contributed by atoms with Crippen LogP contribution in [0.3, 0.4) is 0 Å². The quantitative estimate of drug-likeness (QED) is 0.492. The maximum absolute atomic E-state index is 12.2. The van der Waals surface area contributed by atoms with E-state index in [1.165, 1.54) is 30.5 Å². The van der Waals surface area contributed by atoms with Gasteiger partial charge in [-0.25, -0.2) is 18.1 Å². The first kappa shape index (κ1) is 22.7. The van der Waals surface area contributed by atoms with Gasteiger partial charge in [0.2, 0.25) is 15.9 Å². The summed E-state index contributed by atoms with van der Waals surface area (Å²) in [5, 5.41) is 4.56. The molecule has 0 aliphatic heterocycles. The minimum absolute atomic E-state index is 0.163. The van der Waals surface area contributed by atoms with Gasteiger partial charge in [-0.1, -0.05) is 35.3 Å². The van der Waals surface area contributed by atoms with Crippen LogP contribution in [0.15, 0.2) is 53.6 Å². The van der Waals surface area contributed by atoms with E-state index < -0.39 is 10.0 Å². The highest BCUT2D eigenvalue weighted by Crippen LogP contribution is 2.27. The van der Waals surface area contributed by atoms with E-state index in [1.54, 1.807) is 30.5 Å². The molecule has 0 saturated carbocycles. The molecule has 30 heavy (non-hydrogen) atoms. The van der Waals surface area contributed by atoms with Gasteiger partial charge in [0.15, 0.2) is 5.13 Å². The van der Waals surface area contributed by atoms with Crippen molar-refractivity contribution < 1.29 is 13.2 Å². The number of thiazole rings is 1. The lowest BCUT2D eigenvalue weighted by atomic mass is 10.1. The molecule has 10 heteroatoms. The Morgan fingerprint density at radius 1 is 1.13 bits per heavy atom. The Bertz CT molecular complexity index is 1150. The zero-order valence-electron chi connectivity index (χ0n) is 16.0. The first-order valence-corrected chi connectivity index (χ1v) is 12.0. The third-order valence-corrected chi connectivity index (χ3v) is 7.26. The molecular formula is C20H19Cl2N3O3S2. The molecule has 0 spiro atoms. The molecule has 0 radical (unpaired) electrons. The van der Waals surface area contributed by atoms with Gasteiger partial charge < -0.3 is 5.32 Å². The molecule has 3 rings (SSSR count). The van der Waals surface area contributed by atoms with Gasteiger partial charge in [0.1, 0.15) is 0 Å². The molecule has 0 fully saturated rings. The summed E-state index contributed by atoms with van der Waals surface area (Å²) in [6.45, 7) is 0. The molecule has 2 N–H and O–H groups in total. The molecule has 0 bridgehead atoms. The fourth-order valence-electron chi connectivity index (χ4n) is 2.71. The van der Waals surface area contributed by atoms with Crippen molar-refractivity contribution >= 4 is 55.6 Å². The average Bonchev–Trinajstić information content (AvgIpc) is 3.16. The monoisotopic (exact) mass is 483 g/mol. The number of anilines is 1. The van der Waals surface area contributed by atoms with Gasteiger partial charge in [0.05, 0.1) is 4.90 Å². The smallest absolute Gasteiger partial charge is 0.240 e. The van der Waals surface area contributed by atoms with Crippen molar-refractivity contribution in [2.45, 2.75) is 24.2 Å². The number of aromatic nitrogens is 1. The predicted molar refractivity (Wildman–Crippen MR) is 121 cm³/mol. The largest absolute Gasteiger partial charge is 0.302 e. The third kappa shape index (κ3) is 6.02. The first-order chi connectivity index (χ1) is 14.3. The fraction of sp³-hybridized carbons (Fsp3) is 0.200. The average molecular weight is 484 g/mol. The van der Waals surface area contributed by atoms with Gasteiger partial charge in [0, 0.05) is 34.0 Å². The predicted octanol–water partition coefficient (Wildman–Crippen LogP) is 4.52. The number of hydrogen-bond acceptors (Lipinski definition) is 5. The summed E-state index contributed by atoms with van der Waals surface area (Å²) in [6.07, 6.45) is 3.03. The Morgan fingerprint density at radius 3 is 2.57 bits per heavy atom. The van der Waals surface area contributed by atoms with E-state index in [1.807, 2.05) is 6.07 Å². The molecule has 0 aliphatic rings. The summed E-state index contributed by atoms with van der Waals surface area (Å²) in [6, 6.07) is 11.7. The molecule has 0 aliphatic carbocycles. The lowest BCUT2D eigenvalue weighted by Gasteiger charge is -2.05. The Labute approximate surface area is 189 Å². The molecule has 0 saturated heterocycles. The second kappa shape index (κ2) is 9.89. The second-order valence-electron chi connectivity index (χ2n) is 6.44. The molecular weight excluding hydrogens is 465 g/mol. The van der Waals surface area contributed by atoms with Crippen LogP contribution >= 0.6 is 34.5 Å². The van der Waals surface area contributed by atoms with Crippen LogP contribution < -0.4 is 10.0 Å². The molecule has 0 atom stereocenters. The van der Waals surface area contributed by atoms with Crippen LogP contribution in [0.5, 0.6) is 0 Å². The summed E-state index contributed by atoms with van der Waals surface area (Å²) in [5.41, 5.74) is 1.77. The van der Waals surface area contributed by atoms with Gasteiger partial charge in [-0.2, -0.15) is 0 Å². The van der Waals surface area contributed by atoms with Crippen LogP contribution in [0, 0.1) is 0 Å². The van der Waals surface area contributed by atoms with Crippen LogP contribution in [0.25, 0.3) is 0 Å². The SMILES string of the molecule is CNS(=O)(=O)c1ccc(CCC(=O)Nc2ncc(Cc3cc(Cl)ccc3Cl)s2)cc1. The third-order valence-electron chi connectivity index (χ3n) is 4.32. The molecule has 1 amide bonds. The van der Waals surface area contributed by atoms with Gasteiger partial charge >= 0.3 is 0 Å². The molecule has 1 heterocycles. The van der Waals surface area contributed by atoms with E-state index in [9.17, 15) is 13.2 Å². The topological polar surface area (TPSA) is 88.2 Å². The van der Waals surface area contributed by atoms with E-state index >= 15 is 0 Å². The van der Waals surface area contributed by atoms with Crippen molar-refractivity contribution in [3.05, 3.63) is 74.7 Å². The van der Waals surface area contributed by atoms with Crippen molar-refractivity contribution in [1.29, 1.82) is 0 Å². The summed E-state index contributed by atoms with van der Waals surface area (Å²) in [4.78, 5) is 17.6. The molecule has 6 nitrogen and oxygen atoms in total. The number of hydrogen-bond donors (Lipinski definition) is 2. The lowest BCUT2D eigenvalue weighted by molar-refractivity contribution is -0.116. The van der Waals surface area contributed by atoms with Gasteiger partial charge in [-0.15, -0.1) is 11.3 Å². The minimum atomic E-state index is -3.46. The number of benzene rings is 2. The lowest BCUT2D eigenvalue weighted by Crippen LogP contribution is -2.18. The van der Waals surface area contributed by atoms with Crippen molar-refractivity contribution in [2.75, 3.05) is 12.4 Å². The number of carbonyl (C=O) groups is 1. The zero-order valence-corrected chi connectivity index (χ0v) is 19.1. The van der Waals surface area contributed by atoms with E-state index in [4.69, 9.17) is 23.2 Å². The van der Waals surface area contributed by atoms with E-state index in [-0.39, 0.29) is 17.2 Å². The highest BCUT2D eigenvalue weighted by Gasteiger charge is 2.12. The maximum Gasteiger partial charge on any atom is 0.240 e. The van der Waals surface area contributed by atoms with E-state index in [0.717, 1.165) is 16.0 Å². The minimum Gasteiger partial charge on any atom is -0.302 e. The Morgan fingerprint density at radius 2 is 1.87 bits per heavy atom. The second-order valence-corrected chi connectivity index (χ2v) is 10.3. The van der Waals surface area contributed by atoms with Crippen molar-refractivity contribution in [1.82, 2.24) is 9.71 Å². The molecule has 158 valence electrons. The van der Waals surface area contributed by atoms with Crippen LogP contribution in [0.1, 0.15) is 22.4 Å². The number of amides is 1. The van der Waals surface area contributed by atoms with Crippen LogP contribution in [-0.4, -0.2) is 26.4 Å². The van der Waals surface area contributed by atoms with Crippen molar-refractivity contribution in [2.24, 2.45) is 0 Å². The summed E-state index contributed by atoms with van der Waals surface area (Å²) in [5.74, 6) is -0.163. The molecule has 2 aromatic carbocycles. The standard InChI is InChI=1S/C20H19Cl2N3O3S2/c1-23-30(27,28)17-6-2-13(3-7-17)4-9-19(26)25-20-24-12-16(29-20)11-14-10-15(21)5-8-18(14)22/h2-3,5-8,10,12,23H,4,9,11H2,1H3,(H,24,25,26). The van der Waals surface area contributed by atoms with Crippen molar-refractivity contribution in [3.8, 4) is 0 Å². The summed E-state index contributed by atoms with van der Waals surface area (Å²) < 4.78 is 25.7. The summed E-state index contributed by atoms with van der Waals surface area (Å²) in [7, 11) is -2.10. The van der Waals surface area contributed by atoms with Crippen LogP contribution in [0.2, 0.25) is 10.0 Å². The Kier molecular flexibility index (Phi) is 7.49. The summed E-state index contributed by atoms with van der Waals surface area (Å²) >= 11 is 13.6. The number of aryl methyl sites for hydroxylation is 1. The van der Waals surface area contributed by atoms with E-state index in [0.29, 0.717) is 28.0 Å². The number of nitrogens with zero attached hydrogens (tertiary/aromatic N) is 1. The highest BCUT2D eigenvalue weighted by molar-refractivity contribution is 7.89. The van der Waals surface area contributed by atoms with Crippen molar-refractivity contribution in [3.63, 3.8) is 0 Å². The zero-order chi connectivity index (χ0) is 21.7. The molecule has 0 unspecified atom stereocenters. The number of carbonyl (C=O) groups excluding carboxylic acids is 1. The van der Waals surface area contributed by atoms with Crippen LogP contribution in [-0.2, 0) is 27.7 Å². The normalized spacial score (nSPS) is 11.4. The number of halogens is 2. The van der Waals surface area contributed by atoms with Gasteiger partial charge in [0.25, 0.3) is 0 Å². The number of rotatable bonds is 8. The van der Waals surface area contributed by atoms with E-state index in [2.05, 4.69) is 15.0 Å². The molecule has 3 aromatic rings. The van der Waals surface area contributed by atoms with Gasteiger partial charge in [-0.3, -0.25) is 4.79 Å². The van der Waals surface area contributed by atoms with Gasteiger partial charge in [-0.05, 0) is 54.9 Å². The maximum atomic E-state index is 12.2. The Balaban J connectivity index is 1.54. The molecule has 1 aromatic heterocycles. The van der Waals surface area contributed by atoms with Crippen LogP contribution in [0.4, 0.5) is 5.13 Å². The number of nitrogens with one attached hydrogen (secondary N) is 2. The Hall–Kier alpha value is -1.97. The first-order valence-electron chi connectivity index (χ1n) is 8.98. The number of sulfonamides is 1. The highest BCUT2D eigenvalue weighted by atomic mass is 35.5.